The van der Waals surface area contributed by atoms with Crippen molar-refractivity contribution in [2.24, 2.45) is 0 Å². The fourth-order valence-corrected chi connectivity index (χ4v) is 1.47. The number of nitrogens with one attached hydrogen (secondary N) is 1. The van der Waals surface area contributed by atoms with E-state index in [2.05, 4.69) is 5.32 Å². The van der Waals surface area contributed by atoms with Gasteiger partial charge in [-0.15, -0.1) is 0 Å². The van der Waals surface area contributed by atoms with Crippen LogP contribution < -0.4 is 10.1 Å². The fraction of sp³-hybridized carbons (Fsp3) is 0.455. The summed E-state index contributed by atoms with van der Waals surface area (Å²) in [4.78, 5) is 0. The molecule has 1 aromatic carbocycles. The SMILES string of the molecule is CNCC(O)c1ccc(C)c(O)c1OC. The van der Waals surface area contributed by atoms with Crippen molar-refractivity contribution in [3.63, 3.8) is 0 Å². The molecule has 0 saturated carbocycles. The molecule has 1 rings (SSSR count). The number of aliphatic hydroxyl groups is 1. The van der Waals surface area contributed by atoms with Crippen molar-refractivity contribution < 1.29 is 14.9 Å². The van der Waals surface area contributed by atoms with Crippen LogP contribution in [0.25, 0.3) is 0 Å². The fourth-order valence-electron chi connectivity index (χ4n) is 1.47. The summed E-state index contributed by atoms with van der Waals surface area (Å²) in [6.45, 7) is 2.20. The zero-order chi connectivity index (χ0) is 11.4. The average Bonchev–Trinajstić information content (AvgIpc) is 2.22. The number of methoxy groups -OCH3 is 1. The third-order valence-corrected chi connectivity index (χ3v) is 2.32. The molecule has 4 nitrogen and oxygen atoms in total. The minimum atomic E-state index is -0.684. The second-order valence-corrected chi connectivity index (χ2v) is 3.43. The first kappa shape index (κ1) is 11.8. The monoisotopic (exact) mass is 211 g/mol. The molecule has 1 unspecified atom stereocenters. The minimum absolute atomic E-state index is 0.0881. The Labute approximate surface area is 89.5 Å². The summed E-state index contributed by atoms with van der Waals surface area (Å²) in [6, 6.07) is 3.52. The van der Waals surface area contributed by atoms with E-state index < -0.39 is 6.10 Å². The summed E-state index contributed by atoms with van der Waals surface area (Å²) in [5.41, 5.74) is 1.32. The quantitative estimate of drug-likeness (QED) is 0.694. The molecular formula is C11H17NO3. The van der Waals surface area contributed by atoms with E-state index in [9.17, 15) is 10.2 Å². The van der Waals surface area contributed by atoms with Gasteiger partial charge in [-0.25, -0.2) is 0 Å². The molecule has 1 atom stereocenters. The first-order valence-corrected chi connectivity index (χ1v) is 4.81. The highest BCUT2D eigenvalue weighted by molar-refractivity contribution is 5.51. The Morgan fingerprint density at radius 1 is 1.47 bits per heavy atom. The molecule has 0 heterocycles. The van der Waals surface area contributed by atoms with E-state index in [1.54, 1.807) is 26.1 Å². The van der Waals surface area contributed by atoms with Crippen molar-refractivity contribution >= 4 is 0 Å². The summed E-state index contributed by atoms with van der Waals surface area (Å²) >= 11 is 0. The average molecular weight is 211 g/mol. The first-order chi connectivity index (χ1) is 7.11. The van der Waals surface area contributed by atoms with Crippen molar-refractivity contribution in [1.29, 1.82) is 0 Å². The lowest BCUT2D eigenvalue weighted by atomic mass is 10.0. The Balaban J connectivity index is 3.12. The van der Waals surface area contributed by atoms with Gasteiger partial charge in [0.2, 0.25) is 0 Å². The molecule has 84 valence electrons. The van der Waals surface area contributed by atoms with Crippen molar-refractivity contribution in [2.45, 2.75) is 13.0 Å². The van der Waals surface area contributed by atoms with Gasteiger partial charge in [0.1, 0.15) is 0 Å². The second-order valence-electron chi connectivity index (χ2n) is 3.43. The van der Waals surface area contributed by atoms with Crippen molar-refractivity contribution in [2.75, 3.05) is 20.7 Å². The molecule has 0 aliphatic heterocycles. The van der Waals surface area contributed by atoms with Crippen molar-refractivity contribution in [3.05, 3.63) is 23.3 Å². The highest BCUT2D eigenvalue weighted by Gasteiger charge is 2.16. The number of phenols is 1. The Kier molecular flexibility index (Phi) is 3.94. The number of aryl methyl sites for hydroxylation is 1. The number of rotatable bonds is 4. The summed E-state index contributed by atoms with van der Waals surface area (Å²) in [6.07, 6.45) is -0.684. The lowest BCUT2D eigenvalue weighted by Crippen LogP contribution is -2.17. The van der Waals surface area contributed by atoms with Crippen LogP contribution in [-0.2, 0) is 0 Å². The number of aliphatic hydroxyl groups excluding tert-OH is 1. The number of ether oxygens (including phenoxy) is 1. The number of phenolic OH excluding ortho intramolecular Hbond substituents is 1. The highest BCUT2D eigenvalue weighted by Crippen LogP contribution is 2.36. The zero-order valence-electron chi connectivity index (χ0n) is 9.24. The van der Waals surface area contributed by atoms with Crippen LogP contribution in [0.1, 0.15) is 17.2 Å². The number of aromatic hydroxyl groups is 1. The van der Waals surface area contributed by atoms with Crippen LogP contribution in [0, 0.1) is 6.92 Å². The topological polar surface area (TPSA) is 61.7 Å². The Bertz CT molecular complexity index is 339. The van der Waals surface area contributed by atoms with E-state index in [1.165, 1.54) is 7.11 Å². The maximum Gasteiger partial charge on any atom is 0.166 e. The molecule has 4 heteroatoms. The first-order valence-electron chi connectivity index (χ1n) is 4.81. The summed E-state index contributed by atoms with van der Waals surface area (Å²) < 4.78 is 5.09. The molecule has 0 saturated heterocycles. The summed E-state index contributed by atoms with van der Waals surface area (Å²) in [5, 5.41) is 22.4. The van der Waals surface area contributed by atoms with Gasteiger partial charge >= 0.3 is 0 Å². The van der Waals surface area contributed by atoms with Gasteiger partial charge in [-0.05, 0) is 19.5 Å². The largest absolute Gasteiger partial charge is 0.504 e. The van der Waals surface area contributed by atoms with Crippen LogP contribution >= 0.6 is 0 Å². The summed E-state index contributed by atoms with van der Waals surface area (Å²) in [7, 11) is 3.23. The third kappa shape index (κ3) is 2.40. The summed E-state index contributed by atoms with van der Waals surface area (Å²) in [5.74, 6) is 0.433. The van der Waals surface area contributed by atoms with Crippen LogP contribution in [0.15, 0.2) is 12.1 Å². The normalized spacial score (nSPS) is 12.5. The standard InChI is InChI=1S/C11H17NO3/c1-7-4-5-8(9(13)6-12-2)11(15-3)10(7)14/h4-5,9,12-14H,6H2,1-3H3. The van der Waals surface area contributed by atoms with Crippen molar-refractivity contribution in [1.82, 2.24) is 5.32 Å². The molecule has 0 bridgehead atoms. The second kappa shape index (κ2) is 5.00. The molecule has 3 N–H and O–H groups in total. The zero-order valence-corrected chi connectivity index (χ0v) is 9.24. The van der Waals surface area contributed by atoms with Crippen LogP contribution in [-0.4, -0.2) is 30.9 Å². The highest BCUT2D eigenvalue weighted by atomic mass is 16.5. The van der Waals surface area contributed by atoms with E-state index in [-0.39, 0.29) is 5.75 Å². The van der Waals surface area contributed by atoms with E-state index in [0.29, 0.717) is 17.9 Å². The molecule has 0 aromatic heterocycles. The van der Waals surface area contributed by atoms with E-state index in [1.807, 2.05) is 0 Å². The van der Waals surface area contributed by atoms with Crippen LogP contribution in [0.4, 0.5) is 0 Å². The molecule has 0 spiro atoms. The van der Waals surface area contributed by atoms with Crippen molar-refractivity contribution in [3.8, 4) is 11.5 Å². The molecule has 1 aromatic rings. The molecule has 15 heavy (non-hydrogen) atoms. The lowest BCUT2D eigenvalue weighted by molar-refractivity contribution is 0.172. The van der Waals surface area contributed by atoms with Gasteiger partial charge in [0.15, 0.2) is 11.5 Å². The maximum absolute atomic E-state index is 9.79. The number of benzene rings is 1. The van der Waals surface area contributed by atoms with Gasteiger partial charge in [0.05, 0.1) is 13.2 Å². The van der Waals surface area contributed by atoms with Crippen LogP contribution in [0.2, 0.25) is 0 Å². The number of likely N-dealkylation sites (N-methyl/N-ethyl adjacent to an activating group) is 1. The van der Waals surface area contributed by atoms with E-state index in [0.717, 1.165) is 5.56 Å². The Morgan fingerprint density at radius 3 is 2.67 bits per heavy atom. The van der Waals surface area contributed by atoms with Gasteiger partial charge in [0, 0.05) is 12.1 Å². The molecule has 0 radical (unpaired) electrons. The van der Waals surface area contributed by atoms with Crippen LogP contribution in [0.5, 0.6) is 11.5 Å². The lowest BCUT2D eigenvalue weighted by Gasteiger charge is -2.16. The number of hydrogen-bond acceptors (Lipinski definition) is 4. The molecule has 0 amide bonds. The molecular weight excluding hydrogens is 194 g/mol. The Morgan fingerprint density at radius 2 is 2.13 bits per heavy atom. The maximum atomic E-state index is 9.79. The molecule has 0 aliphatic carbocycles. The van der Waals surface area contributed by atoms with Gasteiger partial charge < -0.3 is 20.3 Å². The minimum Gasteiger partial charge on any atom is -0.504 e. The molecule has 0 aliphatic rings. The van der Waals surface area contributed by atoms with Gasteiger partial charge in [0.25, 0.3) is 0 Å². The van der Waals surface area contributed by atoms with Gasteiger partial charge in [-0.3, -0.25) is 0 Å². The van der Waals surface area contributed by atoms with Gasteiger partial charge in [-0.1, -0.05) is 12.1 Å². The predicted octanol–water partition coefficient (Wildman–Crippen LogP) is 0.962. The molecule has 0 fully saturated rings. The van der Waals surface area contributed by atoms with Crippen LogP contribution in [0.3, 0.4) is 0 Å². The van der Waals surface area contributed by atoms with E-state index >= 15 is 0 Å². The Hall–Kier alpha value is -1.26. The van der Waals surface area contributed by atoms with Gasteiger partial charge in [-0.2, -0.15) is 0 Å². The third-order valence-electron chi connectivity index (χ3n) is 2.32. The smallest absolute Gasteiger partial charge is 0.166 e. The predicted molar refractivity (Wildman–Crippen MR) is 58.3 cm³/mol. The van der Waals surface area contributed by atoms with E-state index in [4.69, 9.17) is 4.74 Å². The number of hydrogen-bond donors (Lipinski definition) is 3.